The molecule has 4 nitrogen and oxygen atoms in total. The highest BCUT2D eigenvalue weighted by Crippen LogP contribution is 2.12. The molecule has 2 fully saturated rings. The van der Waals surface area contributed by atoms with Crippen LogP contribution in [0.3, 0.4) is 0 Å². The van der Waals surface area contributed by atoms with Crippen molar-refractivity contribution in [3.8, 4) is 0 Å². The number of aliphatic hydroxyl groups is 1. The molecule has 1 atom stereocenters. The van der Waals surface area contributed by atoms with Gasteiger partial charge in [-0.3, -0.25) is 0 Å². The average Bonchev–Trinajstić information content (AvgIpc) is 2.81. The van der Waals surface area contributed by atoms with E-state index in [-0.39, 0.29) is 6.10 Å². The van der Waals surface area contributed by atoms with Gasteiger partial charge in [-0.15, -0.1) is 0 Å². The van der Waals surface area contributed by atoms with Crippen LogP contribution in [0.2, 0.25) is 0 Å². The summed E-state index contributed by atoms with van der Waals surface area (Å²) in [5.41, 5.74) is 0. The zero-order chi connectivity index (χ0) is 11.2. The number of rotatable bonds is 5. The summed E-state index contributed by atoms with van der Waals surface area (Å²) in [5.74, 6) is 0. The number of ether oxygens (including phenoxy) is 2. The van der Waals surface area contributed by atoms with Gasteiger partial charge in [0.1, 0.15) is 0 Å². The molecule has 0 aromatic heterocycles. The van der Waals surface area contributed by atoms with Gasteiger partial charge in [-0.1, -0.05) is 0 Å². The van der Waals surface area contributed by atoms with E-state index in [1.807, 2.05) is 0 Å². The molecule has 0 radical (unpaired) electrons. The van der Waals surface area contributed by atoms with E-state index in [2.05, 4.69) is 4.90 Å². The fourth-order valence-corrected chi connectivity index (χ4v) is 2.41. The molecular formula is C12H23NO3. The van der Waals surface area contributed by atoms with Crippen LogP contribution in [-0.4, -0.2) is 61.7 Å². The predicted molar refractivity (Wildman–Crippen MR) is 61.5 cm³/mol. The lowest BCUT2D eigenvalue weighted by Crippen LogP contribution is -2.35. The Hall–Kier alpha value is -0.160. The summed E-state index contributed by atoms with van der Waals surface area (Å²) in [5, 5.41) is 9.84. The van der Waals surface area contributed by atoms with Crippen LogP contribution in [0.4, 0.5) is 0 Å². The molecule has 2 heterocycles. The predicted octanol–water partition coefficient (Wildman–Crippen LogP) is 0.639. The van der Waals surface area contributed by atoms with Gasteiger partial charge in [0.15, 0.2) is 0 Å². The maximum Gasteiger partial charge on any atom is 0.0900 e. The SMILES string of the molecule is OC(COC1CCOCC1)CN1CCCC1. The Balaban J connectivity index is 1.57. The molecule has 0 spiro atoms. The van der Waals surface area contributed by atoms with Gasteiger partial charge in [-0.25, -0.2) is 0 Å². The first-order valence-corrected chi connectivity index (χ1v) is 6.44. The third-order valence-corrected chi connectivity index (χ3v) is 3.36. The molecule has 0 aliphatic carbocycles. The number of nitrogens with zero attached hydrogens (tertiary/aromatic N) is 1. The van der Waals surface area contributed by atoms with Crippen molar-refractivity contribution >= 4 is 0 Å². The smallest absolute Gasteiger partial charge is 0.0900 e. The van der Waals surface area contributed by atoms with E-state index in [0.29, 0.717) is 12.7 Å². The van der Waals surface area contributed by atoms with Gasteiger partial charge < -0.3 is 19.5 Å². The van der Waals surface area contributed by atoms with Gasteiger partial charge in [-0.2, -0.15) is 0 Å². The monoisotopic (exact) mass is 229 g/mol. The van der Waals surface area contributed by atoms with Crippen molar-refractivity contribution in [3.05, 3.63) is 0 Å². The van der Waals surface area contributed by atoms with Gasteiger partial charge in [0.05, 0.1) is 18.8 Å². The lowest BCUT2D eigenvalue weighted by molar-refractivity contribution is -0.0632. The van der Waals surface area contributed by atoms with Crippen LogP contribution in [0.1, 0.15) is 25.7 Å². The normalized spacial score (nSPS) is 26.1. The Morgan fingerprint density at radius 2 is 1.94 bits per heavy atom. The first-order valence-electron chi connectivity index (χ1n) is 6.44. The Bertz CT molecular complexity index is 189. The van der Waals surface area contributed by atoms with E-state index in [1.165, 1.54) is 12.8 Å². The van der Waals surface area contributed by atoms with Crippen LogP contribution in [0.25, 0.3) is 0 Å². The van der Waals surface area contributed by atoms with E-state index >= 15 is 0 Å². The molecule has 16 heavy (non-hydrogen) atoms. The van der Waals surface area contributed by atoms with Gasteiger partial charge in [-0.05, 0) is 38.8 Å². The van der Waals surface area contributed by atoms with E-state index in [1.54, 1.807) is 0 Å². The van der Waals surface area contributed by atoms with Crippen LogP contribution >= 0.6 is 0 Å². The second-order valence-electron chi connectivity index (χ2n) is 4.81. The summed E-state index contributed by atoms with van der Waals surface area (Å²) in [6.07, 6.45) is 4.44. The Morgan fingerprint density at radius 1 is 1.25 bits per heavy atom. The number of likely N-dealkylation sites (tertiary alicyclic amines) is 1. The Morgan fingerprint density at radius 3 is 2.62 bits per heavy atom. The van der Waals surface area contributed by atoms with Gasteiger partial charge in [0.2, 0.25) is 0 Å². The molecule has 0 bridgehead atoms. The molecule has 2 aliphatic heterocycles. The third kappa shape index (κ3) is 4.01. The van der Waals surface area contributed by atoms with Crippen LogP contribution in [0.5, 0.6) is 0 Å². The zero-order valence-electron chi connectivity index (χ0n) is 9.94. The van der Waals surface area contributed by atoms with Crippen molar-refractivity contribution in [1.29, 1.82) is 0 Å². The van der Waals surface area contributed by atoms with Crippen LogP contribution in [-0.2, 0) is 9.47 Å². The number of hydrogen-bond donors (Lipinski definition) is 1. The van der Waals surface area contributed by atoms with E-state index < -0.39 is 0 Å². The minimum atomic E-state index is -0.332. The highest BCUT2D eigenvalue weighted by atomic mass is 16.5. The average molecular weight is 229 g/mol. The van der Waals surface area contributed by atoms with Gasteiger partial charge >= 0.3 is 0 Å². The van der Waals surface area contributed by atoms with Crippen molar-refractivity contribution < 1.29 is 14.6 Å². The first-order chi connectivity index (χ1) is 7.84. The molecule has 0 saturated carbocycles. The summed E-state index contributed by atoms with van der Waals surface area (Å²) in [6.45, 7) is 5.10. The molecular weight excluding hydrogens is 206 g/mol. The molecule has 4 heteroatoms. The van der Waals surface area contributed by atoms with Gasteiger partial charge in [0, 0.05) is 19.8 Å². The third-order valence-electron chi connectivity index (χ3n) is 3.36. The van der Waals surface area contributed by atoms with E-state index in [9.17, 15) is 5.11 Å². The number of β-amino-alcohol motifs (C(OH)–C–C–N with tert-alkyl or cyclic N) is 1. The zero-order valence-corrected chi connectivity index (χ0v) is 9.94. The first kappa shape index (κ1) is 12.3. The summed E-state index contributed by atoms with van der Waals surface area (Å²) in [4.78, 5) is 2.32. The van der Waals surface area contributed by atoms with Crippen LogP contribution in [0, 0.1) is 0 Å². The van der Waals surface area contributed by atoms with Crippen molar-refractivity contribution in [2.75, 3.05) is 39.5 Å². The van der Waals surface area contributed by atoms with Gasteiger partial charge in [0.25, 0.3) is 0 Å². The highest BCUT2D eigenvalue weighted by Gasteiger charge is 2.18. The number of aliphatic hydroxyl groups excluding tert-OH is 1. The molecule has 2 rings (SSSR count). The second-order valence-corrected chi connectivity index (χ2v) is 4.81. The molecule has 94 valence electrons. The molecule has 1 N–H and O–H groups in total. The molecule has 2 aliphatic rings. The molecule has 0 aromatic rings. The van der Waals surface area contributed by atoms with E-state index in [4.69, 9.17) is 9.47 Å². The van der Waals surface area contributed by atoms with E-state index in [0.717, 1.165) is 45.7 Å². The fraction of sp³-hybridized carbons (Fsp3) is 1.00. The highest BCUT2D eigenvalue weighted by molar-refractivity contribution is 4.71. The molecule has 0 aromatic carbocycles. The lowest BCUT2D eigenvalue weighted by Gasteiger charge is -2.25. The fourth-order valence-electron chi connectivity index (χ4n) is 2.41. The maximum absolute atomic E-state index is 9.84. The summed E-state index contributed by atoms with van der Waals surface area (Å²) in [6, 6.07) is 0. The van der Waals surface area contributed by atoms with Crippen molar-refractivity contribution in [2.24, 2.45) is 0 Å². The van der Waals surface area contributed by atoms with Crippen LogP contribution in [0.15, 0.2) is 0 Å². The van der Waals surface area contributed by atoms with Crippen molar-refractivity contribution in [1.82, 2.24) is 4.90 Å². The molecule has 1 unspecified atom stereocenters. The van der Waals surface area contributed by atoms with Crippen molar-refractivity contribution in [3.63, 3.8) is 0 Å². The lowest BCUT2D eigenvalue weighted by atomic mass is 10.1. The maximum atomic E-state index is 9.84. The topological polar surface area (TPSA) is 41.9 Å². The quantitative estimate of drug-likeness (QED) is 0.751. The molecule has 0 amide bonds. The summed E-state index contributed by atoms with van der Waals surface area (Å²) in [7, 11) is 0. The second kappa shape index (κ2) is 6.55. The Labute approximate surface area is 97.5 Å². The Kier molecular flexibility index (Phi) is 5.03. The summed E-state index contributed by atoms with van der Waals surface area (Å²) < 4.78 is 11.0. The summed E-state index contributed by atoms with van der Waals surface area (Å²) >= 11 is 0. The minimum Gasteiger partial charge on any atom is -0.389 e. The molecule has 2 saturated heterocycles. The van der Waals surface area contributed by atoms with Crippen LogP contribution < -0.4 is 0 Å². The van der Waals surface area contributed by atoms with Crippen molar-refractivity contribution in [2.45, 2.75) is 37.9 Å². The standard InChI is InChI=1S/C12H23NO3/c14-11(9-13-5-1-2-6-13)10-16-12-3-7-15-8-4-12/h11-12,14H,1-10H2. The number of hydrogen-bond acceptors (Lipinski definition) is 4. The minimum absolute atomic E-state index is 0.293. The largest absolute Gasteiger partial charge is 0.389 e.